The van der Waals surface area contributed by atoms with Gasteiger partial charge < -0.3 is 10.1 Å². The Balaban J connectivity index is 1.56. The summed E-state index contributed by atoms with van der Waals surface area (Å²) < 4.78 is 4.98. The van der Waals surface area contributed by atoms with E-state index in [1.165, 1.54) is 0 Å². The summed E-state index contributed by atoms with van der Waals surface area (Å²) in [6, 6.07) is 22.3. The lowest BCUT2D eigenvalue weighted by atomic mass is 10.1. The zero-order valence-electron chi connectivity index (χ0n) is 17.1. The van der Waals surface area contributed by atoms with E-state index in [0.29, 0.717) is 29.8 Å². The van der Waals surface area contributed by atoms with Gasteiger partial charge in [0.05, 0.1) is 12.2 Å². The fourth-order valence-electron chi connectivity index (χ4n) is 3.70. The van der Waals surface area contributed by atoms with Crippen LogP contribution in [-0.4, -0.2) is 30.4 Å². The molecule has 1 aliphatic heterocycles. The van der Waals surface area contributed by atoms with Crippen LogP contribution in [0.25, 0.3) is 0 Å². The van der Waals surface area contributed by atoms with Crippen molar-refractivity contribution in [3.8, 4) is 0 Å². The minimum atomic E-state index is -0.671. The van der Waals surface area contributed by atoms with Crippen molar-refractivity contribution in [1.29, 1.82) is 0 Å². The molecule has 31 heavy (non-hydrogen) atoms. The van der Waals surface area contributed by atoms with Crippen LogP contribution in [0.5, 0.6) is 0 Å². The summed E-state index contributed by atoms with van der Waals surface area (Å²) >= 11 is 0. The molecule has 0 unspecified atom stereocenters. The second kappa shape index (κ2) is 8.83. The number of anilines is 2. The number of carbonyl (C=O) groups is 3. The number of amides is 2. The summed E-state index contributed by atoms with van der Waals surface area (Å²) in [7, 11) is 0. The second-order valence-corrected chi connectivity index (χ2v) is 7.18. The predicted molar refractivity (Wildman–Crippen MR) is 118 cm³/mol. The van der Waals surface area contributed by atoms with Crippen molar-refractivity contribution in [2.45, 2.75) is 19.4 Å². The van der Waals surface area contributed by atoms with Gasteiger partial charge >= 0.3 is 5.97 Å². The number of rotatable bonds is 5. The van der Waals surface area contributed by atoms with Gasteiger partial charge in [0, 0.05) is 23.4 Å². The molecule has 0 saturated carbocycles. The highest BCUT2D eigenvalue weighted by Crippen LogP contribution is 2.34. The van der Waals surface area contributed by atoms with E-state index >= 15 is 0 Å². The van der Waals surface area contributed by atoms with E-state index in [2.05, 4.69) is 5.32 Å². The summed E-state index contributed by atoms with van der Waals surface area (Å²) in [5, 5.41) is 2.87. The van der Waals surface area contributed by atoms with Gasteiger partial charge in [-0.25, -0.2) is 4.79 Å². The molecule has 0 aromatic heterocycles. The van der Waals surface area contributed by atoms with Crippen LogP contribution in [0.3, 0.4) is 0 Å². The smallest absolute Gasteiger partial charge is 0.338 e. The molecule has 3 aromatic carbocycles. The maximum atomic E-state index is 13.3. The summed E-state index contributed by atoms with van der Waals surface area (Å²) in [6.07, 6.45) is 0.432. The summed E-state index contributed by atoms with van der Waals surface area (Å²) in [4.78, 5) is 39.8. The van der Waals surface area contributed by atoms with E-state index in [0.717, 1.165) is 11.3 Å². The highest BCUT2D eigenvalue weighted by molar-refractivity contribution is 6.13. The number of ether oxygens (including phenoxy) is 1. The zero-order chi connectivity index (χ0) is 21.8. The van der Waals surface area contributed by atoms with Gasteiger partial charge in [-0.1, -0.05) is 36.4 Å². The molecule has 156 valence electrons. The van der Waals surface area contributed by atoms with Crippen molar-refractivity contribution in [3.63, 3.8) is 0 Å². The van der Waals surface area contributed by atoms with Crippen LogP contribution in [0.4, 0.5) is 11.4 Å². The third-order valence-corrected chi connectivity index (χ3v) is 5.18. The van der Waals surface area contributed by atoms with Gasteiger partial charge in [0.15, 0.2) is 0 Å². The first-order valence-electron chi connectivity index (χ1n) is 10.1. The van der Waals surface area contributed by atoms with E-state index in [4.69, 9.17) is 4.74 Å². The van der Waals surface area contributed by atoms with Crippen molar-refractivity contribution in [1.82, 2.24) is 0 Å². The van der Waals surface area contributed by atoms with Gasteiger partial charge in [0.1, 0.15) is 6.04 Å². The number of para-hydroxylation sites is 1. The second-order valence-electron chi connectivity index (χ2n) is 7.18. The minimum Gasteiger partial charge on any atom is -0.462 e. The molecule has 0 aliphatic carbocycles. The van der Waals surface area contributed by atoms with Gasteiger partial charge in [0.25, 0.3) is 5.91 Å². The zero-order valence-corrected chi connectivity index (χ0v) is 17.1. The van der Waals surface area contributed by atoms with Crippen LogP contribution in [0, 0.1) is 0 Å². The molecular weight excluding hydrogens is 392 g/mol. The lowest BCUT2D eigenvalue weighted by molar-refractivity contribution is -0.117. The quantitative estimate of drug-likeness (QED) is 0.639. The first kappa shape index (κ1) is 20.3. The molecule has 3 aromatic rings. The Hall–Kier alpha value is -3.93. The Labute approximate surface area is 180 Å². The number of nitrogens with one attached hydrogen (secondary N) is 1. The van der Waals surface area contributed by atoms with Crippen molar-refractivity contribution < 1.29 is 19.1 Å². The largest absolute Gasteiger partial charge is 0.462 e. The molecule has 0 radical (unpaired) electrons. The Bertz CT molecular complexity index is 1110. The Morgan fingerprint density at radius 3 is 2.29 bits per heavy atom. The average molecular weight is 414 g/mol. The molecular formula is C25H22N2O4. The molecule has 1 N–H and O–H groups in total. The Kier molecular flexibility index (Phi) is 5.80. The summed E-state index contributed by atoms with van der Waals surface area (Å²) in [5.41, 5.74) is 3.17. The lowest BCUT2D eigenvalue weighted by Crippen LogP contribution is -2.45. The van der Waals surface area contributed by atoms with Gasteiger partial charge in [-0.05, 0) is 55.0 Å². The fraction of sp³-hybridized carbons (Fsp3) is 0.160. The van der Waals surface area contributed by atoms with E-state index < -0.39 is 12.0 Å². The Morgan fingerprint density at radius 2 is 1.58 bits per heavy atom. The Morgan fingerprint density at radius 1 is 0.903 bits per heavy atom. The maximum absolute atomic E-state index is 13.3. The van der Waals surface area contributed by atoms with E-state index in [1.807, 2.05) is 30.3 Å². The van der Waals surface area contributed by atoms with Gasteiger partial charge in [0.2, 0.25) is 5.91 Å². The highest BCUT2D eigenvalue weighted by Gasteiger charge is 2.38. The number of fused-ring (bicyclic) bond motifs is 1. The SMILES string of the molecule is CCOC(=O)c1ccc(NC(=O)[C@H]2Cc3ccccc3N2C(=O)c2ccccc2)cc1. The maximum Gasteiger partial charge on any atom is 0.338 e. The van der Waals surface area contributed by atoms with Gasteiger partial charge in [-0.3, -0.25) is 14.5 Å². The third kappa shape index (κ3) is 4.19. The standard InChI is InChI=1S/C25H22N2O4/c1-2-31-25(30)18-12-14-20(15-13-18)26-23(28)22-16-19-10-6-7-11-21(19)27(22)24(29)17-8-4-3-5-9-17/h3-15,22H,2,16H2,1H3,(H,26,28)/t22-/m1/s1. The van der Waals surface area contributed by atoms with Gasteiger partial charge in [-0.15, -0.1) is 0 Å². The van der Waals surface area contributed by atoms with Crippen molar-refractivity contribution in [2.75, 3.05) is 16.8 Å². The molecule has 1 heterocycles. The molecule has 6 heteroatoms. The molecule has 2 amide bonds. The minimum absolute atomic E-state index is 0.219. The predicted octanol–water partition coefficient (Wildman–Crippen LogP) is 4.07. The topological polar surface area (TPSA) is 75.7 Å². The van der Waals surface area contributed by atoms with E-state index in [1.54, 1.807) is 60.4 Å². The first-order valence-corrected chi connectivity index (χ1v) is 10.1. The molecule has 1 atom stereocenters. The molecule has 1 aliphatic rings. The summed E-state index contributed by atoms with van der Waals surface area (Å²) in [6.45, 7) is 2.04. The normalized spacial score (nSPS) is 14.6. The number of benzene rings is 3. The first-order chi connectivity index (χ1) is 15.1. The number of hydrogen-bond acceptors (Lipinski definition) is 4. The van der Waals surface area contributed by atoms with Crippen LogP contribution in [-0.2, 0) is 16.0 Å². The van der Waals surface area contributed by atoms with Crippen LogP contribution in [0.2, 0.25) is 0 Å². The number of carbonyl (C=O) groups excluding carboxylic acids is 3. The van der Waals surface area contributed by atoms with Crippen molar-refractivity contribution in [2.24, 2.45) is 0 Å². The van der Waals surface area contributed by atoms with Crippen LogP contribution < -0.4 is 10.2 Å². The molecule has 0 spiro atoms. The van der Waals surface area contributed by atoms with Crippen molar-refractivity contribution in [3.05, 3.63) is 95.6 Å². The van der Waals surface area contributed by atoms with Crippen LogP contribution in [0.1, 0.15) is 33.2 Å². The number of hydrogen-bond donors (Lipinski definition) is 1. The van der Waals surface area contributed by atoms with Gasteiger partial charge in [-0.2, -0.15) is 0 Å². The third-order valence-electron chi connectivity index (χ3n) is 5.18. The van der Waals surface area contributed by atoms with Crippen molar-refractivity contribution >= 4 is 29.2 Å². The molecule has 6 nitrogen and oxygen atoms in total. The number of esters is 1. The van der Waals surface area contributed by atoms with Crippen LogP contribution in [0.15, 0.2) is 78.9 Å². The molecule has 0 saturated heterocycles. The average Bonchev–Trinajstić information content (AvgIpc) is 3.19. The molecule has 0 fully saturated rings. The molecule has 4 rings (SSSR count). The van der Waals surface area contributed by atoms with E-state index in [-0.39, 0.29) is 11.8 Å². The lowest BCUT2D eigenvalue weighted by Gasteiger charge is -2.25. The highest BCUT2D eigenvalue weighted by atomic mass is 16.5. The van der Waals surface area contributed by atoms with E-state index in [9.17, 15) is 14.4 Å². The number of nitrogens with zero attached hydrogens (tertiary/aromatic N) is 1. The monoisotopic (exact) mass is 414 g/mol. The molecule has 0 bridgehead atoms. The fourth-order valence-corrected chi connectivity index (χ4v) is 3.70. The van der Waals surface area contributed by atoms with Crippen LogP contribution >= 0.6 is 0 Å². The summed E-state index contributed by atoms with van der Waals surface area (Å²) in [5.74, 6) is -0.918.